The summed E-state index contributed by atoms with van der Waals surface area (Å²) in [7, 11) is 0. The van der Waals surface area contributed by atoms with E-state index in [0.717, 1.165) is 29.4 Å². The second-order valence-corrected chi connectivity index (χ2v) is 9.32. The molecule has 0 unspecified atom stereocenters. The number of amides is 2. The van der Waals surface area contributed by atoms with Crippen LogP contribution < -0.4 is 4.74 Å². The first-order chi connectivity index (χ1) is 14.3. The number of terminal acetylenes is 1. The third-order valence-electron chi connectivity index (χ3n) is 3.98. The highest BCUT2D eigenvalue weighted by Gasteiger charge is 2.35. The molecular formula is C20H12I2N2O5S. The minimum Gasteiger partial charge on any atom is -0.479 e. The molecule has 0 radical (unpaired) electrons. The summed E-state index contributed by atoms with van der Waals surface area (Å²) in [6.45, 7) is 0.209. The number of nitrogens with zero attached hydrogens (tertiary/aromatic N) is 2. The van der Waals surface area contributed by atoms with E-state index >= 15 is 0 Å². The average molecular weight is 646 g/mol. The van der Waals surface area contributed by atoms with Crippen molar-refractivity contribution in [3.8, 4) is 18.1 Å². The Morgan fingerprint density at radius 3 is 2.40 bits per heavy atom. The summed E-state index contributed by atoms with van der Waals surface area (Å²) >= 11 is 5.12. The number of nitro benzene ring substituents is 1. The molecule has 3 rings (SSSR count). The molecule has 30 heavy (non-hydrogen) atoms. The number of benzene rings is 2. The van der Waals surface area contributed by atoms with Gasteiger partial charge in [0.25, 0.3) is 16.8 Å². The fourth-order valence-corrected chi connectivity index (χ4v) is 5.57. The summed E-state index contributed by atoms with van der Waals surface area (Å²) in [5.74, 6) is 2.70. The number of hydrogen-bond acceptors (Lipinski definition) is 6. The zero-order valence-electron chi connectivity index (χ0n) is 15.1. The zero-order valence-corrected chi connectivity index (χ0v) is 20.3. The van der Waals surface area contributed by atoms with Crippen molar-refractivity contribution >= 4 is 79.9 Å². The van der Waals surface area contributed by atoms with Gasteiger partial charge in [-0.3, -0.25) is 24.6 Å². The molecule has 0 bridgehead atoms. The van der Waals surface area contributed by atoms with E-state index in [4.69, 9.17) is 11.2 Å². The van der Waals surface area contributed by atoms with Crippen LogP contribution in [-0.4, -0.2) is 27.6 Å². The van der Waals surface area contributed by atoms with Crippen LogP contribution in [0.5, 0.6) is 5.75 Å². The van der Waals surface area contributed by atoms with Gasteiger partial charge in [0.05, 0.1) is 23.5 Å². The highest BCUT2D eigenvalue weighted by atomic mass is 127. The summed E-state index contributed by atoms with van der Waals surface area (Å²) < 4.78 is 7.22. The standard InChI is InChI=1S/C20H12I2N2O5S/c1-2-7-29-18-15(21)8-13(9-16(18)22)10-17-19(25)23(20(26)30-17)11-12-3-5-14(6-4-12)24(27)28/h1,3-6,8-10H,7,11H2/b17-10-. The molecule has 1 saturated heterocycles. The number of rotatable bonds is 6. The van der Waals surface area contributed by atoms with Gasteiger partial charge in [0, 0.05) is 12.1 Å². The quantitative estimate of drug-likeness (QED) is 0.144. The number of nitro groups is 1. The van der Waals surface area contributed by atoms with E-state index in [0.29, 0.717) is 16.2 Å². The number of ether oxygens (including phenoxy) is 1. The molecule has 152 valence electrons. The van der Waals surface area contributed by atoms with Crippen LogP contribution in [0, 0.1) is 29.6 Å². The van der Waals surface area contributed by atoms with E-state index in [-0.39, 0.29) is 24.1 Å². The smallest absolute Gasteiger partial charge is 0.293 e. The number of non-ortho nitro benzene ring substituents is 1. The van der Waals surface area contributed by atoms with Crippen molar-refractivity contribution in [2.24, 2.45) is 0 Å². The predicted molar refractivity (Wildman–Crippen MR) is 131 cm³/mol. The molecule has 1 fully saturated rings. The number of thioether (sulfide) groups is 1. The molecule has 10 heteroatoms. The maximum atomic E-state index is 12.7. The van der Waals surface area contributed by atoms with Gasteiger partial charge in [-0.05, 0) is 86.3 Å². The Balaban J connectivity index is 1.79. The summed E-state index contributed by atoms with van der Waals surface area (Å²) in [5.41, 5.74) is 1.34. The first-order valence-corrected chi connectivity index (χ1v) is 11.3. The summed E-state index contributed by atoms with van der Waals surface area (Å²) in [4.78, 5) is 36.8. The van der Waals surface area contributed by atoms with Gasteiger partial charge in [-0.1, -0.05) is 18.1 Å². The van der Waals surface area contributed by atoms with Gasteiger partial charge in [0.1, 0.15) is 12.4 Å². The van der Waals surface area contributed by atoms with E-state index < -0.39 is 10.8 Å². The van der Waals surface area contributed by atoms with Crippen LogP contribution in [-0.2, 0) is 11.3 Å². The Hall–Kier alpha value is -2.11. The predicted octanol–water partition coefficient (Wildman–Crippen LogP) is 5.05. The molecule has 0 saturated carbocycles. The van der Waals surface area contributed by atoms with E-state index in [1.54, 1.807) is 6.08 Å². The molecular weight excluding hydrogens is 634 g/mol. The molecule has 7 nitrogen and oxygen atoms in total. The highest BCUT2D eigenvalue weighted by molar-refractivity contribution is 14.1. The number of halogens is 2. The lowest BCUT2D eigenvalue weighted by atomic mass is 10.2. The van der Waals surface area contributed by atoms with Crippen molar-refractivity contribution in [3.63, 3.8) is 0 Å². The molecule has 1 aliphatic rings. The van der Waals surface area contributed by atoms with Crippen molar-refractivity contribution in [3.05, 3.63) is 69.7 Å². The summed E-state index contributed by atoms with van der Waals surface area (Å²) in [6.07, 6.45) is 6.90. The van der Waals surface area contributed by atoms with Crippen LogP contribution in [0.15, 0.2) is 41.3 Å². The average Bonchev–Trinajstić information content (AvgIpc) is 2.95. The van der Waals surface area contributed by atoms with E-state index in [9.17, 15) is 19.7 Å². The highest BCUT2D eigenvalue weighted by Crippen LogP contribution is 2.35. The second-order valence-electron chi connectivity index (χ2n) is 6.00. The molecule has 0 atom stereocenters. The van der Waals surface area contributed by atoms with Gasteiger partial charge in [-0.15, -0.1) is 6.42 Å². The van der Waals surface area contributed by atoms with Crippen molar-refractivity contribution in [2.75, 3.05) is 6.61 Å². The third kappa shape index (κ3) is 5.13. The normalized spacial score (nSPS) is 14.8. The topological polar surface area (TPSA) is 89.8 Å². The SMILES string of the molecule is C#CCOc1c(I)cc(/C=C2\SC(=O)N(Cc3ccc([N+](=O)[O-])cc3)C2=O)cc1I. The Morgan fingerprint density at radius 1 is 1.20 bits per heavy atom. The Morgan fingerprint density at radius 2 is 1.83 bits per heavy atom. The van der Waals surface area contributed by atoms with Crippen LogP contribution in [0.1, 0.15) is 11.1 Å². The third-order valence-corrected chi connectivity index (χ3v) is 6.49. The number of hydrogen-bond donors (Lipinski definition) is 0. The van der Waals surface area contributed by atoms with Crippen molar-refractivity contribution in [2.45, 2.75) is 6.54 Å². The maximum Gasteiger partial charge on any atom is 0.293 e. The molecule has 0 aromatic heterocycles. The lowest BCUT2D eigenvalue weighted by Gasteiger charge is -2.12. The van der Waals surface area contributed by atoms with Gasteiger partial charge in [0.2, 0.25) is 0 Å². The molecule has 0 aliphatic carbocycles. The number of carbonyl (C=O) groups is 2. The number of carbonyl (C=O) groups excluding carboxylic acids is 2. The lowest BCUT2D eigenvalue weighted by Crippen LogP contribution is -2.27. The molecule has 0 N–H and O–H groups in total. The molecule has 2 aromatic carbocycles. The zero-order chi connectivity index (χ0) is 21.8. The van der Waals surface area contributed by atoms with Crippen LogP contribution in [0.2, 0.25) is 0 Å². The lowest BCUT2D eigenvalue weighted by molar-refractivity contribution is -0.384. The van der Waals surface area contributed by atoms with Gasteiger partial charge < -0.3 is 4.74 Å². The van der Waals surface area contributed by atoms with Crippen LogP contribution in [0.25, 0.3) is 6.08 Å². The Labute approximate surface area is 203 Å². The summed E-state index contributed by atoms with van der Waals surface area (Å²) in [5, 5.41) is 10.4. The minimum atomic E-state index is -0.502. The van der Waals surface area contributed by atoms with Crippen molar-refractivity contribution in [1.82, 2.24) is 4.90 Å². The monoisotopic (exact) mass is 646 g/mol. The molecule has 2 aromatic rings. The van der Waals surface area contributed by atoms with Crippen molar-refractivity contribution in [1.29, 1.82) is 0 Å². The maximum absolute atomic E-state index is 12.7. The van der Waals surface area contributed by atoms with E-state index in [2.05, 4.69) is 51.1 Å². The minimum absolute atomic E-state index is 0.0494. The molecule has 1 heterocycles. The van der Waals surface area contributed by atoms with Gasteiger partial charge in [-0.2, -0.15) is 0 Å². The summed E-state index contributed by atoms with van der Waals surface area (Å²) in [6, 6.07) is 9.45. The van der Waals surface area contributed by atoms with Crippen LogP contribution in [0.4, 0.5) is 10.5 Å². The van der Waals surface area contributed by atoms with Crippen molar-refractivity contribution < 1.29 is 19.2 Å². The second kappa shape index (κ2) is 9.80. The molecule has 1 aliphatic heterocycles. The van der Waals surface area contributed by atoms with E-state index in [1.807, 2.05) is 12.1 Å². The van der Waals surface area contributed by atoms with Gasteiger partial charge in [0.15, 0.2) is 0 Å². The van der Waals surface area contributed by atoms with Crippen LogP contribution in [0.3, 0.4) is 0 Å². The van der Waals surface area contributed by atoms with E-state index in [1.165, 1.54) is 24.3 Å². The largest absolute Gasteiger partial charge is 0.479 e. The van der Waals surface area contributed by atoms with Gasteiger partial charge in [-0.25, -0.2) is 0 Å². The molecule has 2 amide bonds. The van der Waals surface area contributed by atoms with Crippen LogP contribution >= 0.6 is 56.9 Å². The Kier molecular flexibility index (Phi) is 7.37. The first-order valence-electron chi connectivity index (χ1n) is 8.34. The fourth-order valence-electron chi connectivity index (χ4n) is 2.61. The Bertz CT molecular complexity index is 1090. The number of imide groups is 1. The first kappa shape index (κ1) is 22.6. The van der Waals surface area contributed by atoms with Gasteiger partial charge >= 0.3 is 0 Å². The molecule has 0 spiro atoms. The fraction of sp³-hybridized carbons (Fsp3) is 0.100.